The maximum atomic E-state index is 12.5. The number of carbonyl (C=O) groups is 1. The number of carbonyl (C=O) groups excluding carboxylic acids is 1. The molecule has 1 atom stereocenters. The number of pyridine rings is 1. The molecule has 2 aromatic rings. The van der Waals surface area contributed by atoms with Crippen molar-refractivity contribution in [3.8, 4) is 0 Å². The fourth-order valence-corrected chi connectivity index (χ4v) is 4.27. The fraction of sp³-hybridized carbons (Fsp3) is 0.600. The Labute approximate surface area is 165 Å². The van der Waals surface area contributed by atoms with Crippen LogP contribution in [0.2, 0.25) is 0 Å². The van der Waals surface area contributed by atoms with Gasteiger partial charge in [0.2, 0.25) is 11.0 Å². The molecule has 146 valence electrons. The van der Waals surface area contributed by atoms with Crippen LogP contribution in [0.4, 0.5) is 5.13 Å². The lowest BCUT2D eigenvalue weighted by molar-refractivity contribution is -0.130. The van der Waals surface area contributed by atoms with Crippen LogP contribution in [-0.2, 0) is 17.6 Å². The van der Waals surface area contributed by atoms with Crippen molar-refractivity contribution in [3.63, 3.8) is 0 Å². The third-order valence-electron chi connectivity index (χ3n) is 5.17. The van der Waals surface area contributed by atoms with E-state index in [1.165, 1.54) is 6.42 Å². The van der Waals surface area contributed by atoms with Gasteiger partial charge in [0, 0.05) is 51.4 Å². The van der Waals surface area contributed by atoms with Gasteiger partial charge >= 0.3 is 0 Å². The average molecular weight is 388 g/mol. The Kier molecular flexibility index (Phi) is 7.15. The number of amides is 1. The van der Waals surface area contributed by atoms with E-state index in [2.05, 4.69) is 27.0 Å². The summed E-state index contributed by atoms with van der Waals surface area (Å²) in [7, 11) is 1.89. The molecule has 2 aromatic heterocycles. The molecule has 0 aromatic carbocycles. The molecule has 1 fully saturated rings. The molecule has 1 saturated heterocycles. The summed E-state index contributed by atoms with van der Waals surface area (Å²) in [5.74, 6) is 0.785. The van der Waals surface area contributed by atoms with E-state index in [1.807, 2.05) is 30.1 Å². The van der Waals surface area contributed by atoms with Crippen LogP contribution < -0.4 is 4.90 Å². The second-order valence-corrected chi connectivity index (χ2v) is 8.25. The first-order valence-electron chi connectivity index (χ1n) is 9.87. The van der Waals surface area contributed by atoms with Crippen LogP contribution in [0.15, 0.2) is 24.4 Å². The van der Waals surface area contributed by atoms with E-state index < -0.39 is 0 Å². The lowest BCUT2D eigenvalue weighted by Crippen LogP contribution is -2.36. The molecule has 0 saturated carbocycles. The number of likely N-dealkylation sites (N-methyl/N-ethyl adjacent to an activating group) is 1. The summed E-state index contributed by atoms with van der Waals surface area (Å²) in [6.45, 7) is 4.87. The first-order valence-corrected chi connectivity index (χ1v) is 10.7. The Morgan fingerprint density at radius 2 is 2.26 bits per heavy atom. The molecule has 6 nitrogen and oxygen atoms in total. The van der Waals surface area contributed by atoms with E-state index in [4.69, 9.17) is 0 Å². The Balaban J connectivity index is 1.42. The smallest absolute Gasteiger partial charge is 0.222 e. The van der Waals surface area contributed by atoms with Gasteiger partial charge in [-0.3, -0.25) is 9.78 Å². The molecule has 0 N–H and O–H groups in total. The van der Waals surface area contributed by atoms with Gasteiger partial charge in [0.05, 0.1) is 0 Å². The first kappa shape index (κ1) is 19.7. The molecule has 27 heavy (non-hydrogen) atoms. The Bertz CT molecular complexity index is 720. The van der Waals surface area contributed by atoms with Gasteiger partial charge in [-0.1, -0.05) is 24.3 Å². The second kappa shape index (κ2) is 9.78. The zero-order valence-corrected chi connectivity index (χ0v) is 17.1. The van der Waals surface area contributed by atoms with Gasteiger partial charge in [0.15, 0.2) is 0 Å². The van der Waals surface area contributed by atoms with Gasteiger partial charge in [-0.25, -0.2) is 0 Å². The molecule has 7 heteroatoms. The van der Waals surface area contributed by atoms with Gasteiger partial charge < -0.3 is 9.80 Å². The van der Waals surface area contributed by atoms with Crippen LogP contribution in [0.3, 0.4) is 0 Å². The number of aromatic nitrogens is 3. The number of nitrogens with zero attached hydrogens (tertiary/aromatic N) is 5. The minimum absolute atomic E-state index is 0.229. The minimum Gasteiger partial charge on any atom is -0.346 e. The molecule has 0 bridgehead atoms. The van der Waals surface area contributed by atoms with Crippen molar-refractivity contribution in [2.45, 2.75) is 45.4 Å². The van der Waals surface area contributed by atoms with E-state index in [1.54, 1.807) is 17.5 Å². The van der Waals surface area contributed by atoms with E-state index in [9.17, 15) is 4.79 Å². The summed E-state index contributed by atoms with van der Waals surface area (Å²) in [5.41, 5.74) is 1.03. The van der Waals surface area contributed by atoms with E-state index >= 15 is 0 Å². The minimum atomic E-state index is 0.229. The Morgan fingerprint density at radius 3 is 3.00 bits per heavy atom. The molecular formula is C20H29N5OS. The van der Waals surface area contributed by atoms with Crippen molar-refractivity contribution < 1.29 is 4.79 Å². The quantitative estimate of drug-likeness (QED) is 0.696. The van der Waals surface area contributed by atoms with Gasteiger partial charge in [0.25, 0.3) is 0 Å². The SMILES string of the molecule is CCc1nnc(N2CCCC(CCC(=O)N(C)CCc3ccccn3)C2)s1. The van der Waals surface area contributed by atoms with Crippen LogP contribution in [0.5, 0.6) is 0 Å². The van der Waals surface area contributed by atoms with Crippen LogP contribution in [0.1, 0.15) is 43.3 Å². The monoisotopic (exact) mass is 387 g/mol. The fourth-order valence-electron chi connectivity index (χ4n) is 3.46. The standard InChI is InChI=1S/C20H29N5OS/c1-3-18-22-23-20(27-18)25-13-6-7-16(15-25)9-10-19(26)24(2)14-11-17-8-4-5-12-21-17/h4-5,8,12,16H,3,6-7,9-11,13-15H2,1-2H3. The normalized spacial score (nSPS) is 17.1. The molecule has 1 aliphatic heterocycles. The largest absolute Gasteiger partial charge is 0.346 e. The van der Waals surface area contributed by atoms with E-state index in [0.717, 1.165) is 61.2 Å². The number of hydrogen-bond acceptors (Lipinski definition) is 6. The van der Waals surface area contributed by atoms with Crippen molar-refractivity contribution >= 4 is 22.4 Å². The van der Waals surface area contributed by atoms with Crippen molar-refractivity contribution in [1.29, 1.82) is 0 Å². The zero-order valence-electron chi connectivity index (χ0n) is 16.3. The summed E-state index contributed by atoms with van der Waals surface area (Å²) in [6.07, 6.45) is 7.46. The third kappa shape index (κ3) is 5.73. The average Bonchev–Trinajstić information content (AvgIpc) is 3.20. The van der Waals surface area contributed by atoms with Crippen LogP contribution in [0.25, 0.3) is 0 Å². The van der Waals surface area contributed by atoms with Crippen LogP contribution in [-0.4, -0.2) is 52.7 Å². The number of hydrogen-bond donors (Lipinski definition) is 0. The Hall–Kier alpha value is -2.02. The van der Waals surface area contributed by atoms with Crippen LogP contribution >= 0.6 is 11.3 Å². The number of aryl methyl sites for hydroxylation is 1. The summed E-state index contributed by atoms with van der Waals surface area (Å²) < 4.78 is 0. The Morgan fingerprint density at radius 1 is 1.37 bits per heavy atom. The van der Waals surface area contributed by atoms with Crippen molar-refractivity contribution in [3.05, 3.63) is 35.1 Å². The number of rotatable bonds is 8. The molecule has 0 spiro atoms. The van der Waals surface area contributed by atoms with Crippen molar-refractivity contribution in [2.24, 2.45) is 5.92 Å². The highest BCUT2D eigenvalue weighted by atomic mass is 32.1. The highest BCUT2D eigenvalue weighted by Gasteiger charge is 2.23. The van der Waals surface area contributed by atoms with E-state index in [0.29, 0.717) is 12.3 Å². The summed E-state index contributed by atoms with van der Waals surface area (Å²) in [6, 6.07) is 5.91. The zero-order chi connectivity index (χ0) is 19.1. The number of anilines is 1. The molecule has 0 aliphatic carbocycles. The molecule has 3 heterocycles. The molecule has 1 amide bonds. The molecule has 1 unspecified atom stereocenters. The van der Waals surface area contributed by atoms with Crippen molar-refractivity contribution in [1.82, 2.24) is 20.1 Å². The summed E-state index contributed by atoms with van der Waals surface area (Å²) in [4.78, 5) is 21.0. The molecular weight excluding hydrogens is 358 g/mol. The van der Waals surface area contributed by atoms with Crippen molar-refractivity contribution in [2.75, 3.05) is 31.6 Å². The molecule has 1 aliphatic rings. The van der Waals surface area contributed by atoms with Gasteiger partial charge in [-0.15, -0.1) is 10.2 Å². The molecule has 0 radical (unpaired) electrons. The second-order valence-electron chi connectivity index (χ2n) is 7.21. The van der Waals surface area contributed by atoms with Gasteiger partial charge in [-0.2, -0.15) is 0 Å². The third-order valence-corrected chi connectivity index (χ3v) is 6.30. The predicted octanol–water partition coefficient (Wildman–Crippen LogP) is 3.19. The lowest BCUT2D eigenvalue weighted by atomic mass is 9.93. The highest BCUT2D eigenvalue weighted by molar-refractivity contribution is 7.15. The highest BCUT2D eigenvalue weighted by Crippen LogP contribution is 2.28. The number of piperidine rings is 1. The van der Waals surface area contributed by atoms with Gasteiger partial charge in [-0.05, 0) is 43.7 Å². The summed E-state index contributed by atoms with van der Waals surface area (Å²) >= 11 is 1.70. The summed E-state index contributed by atoms with van der Waals surface area (Å²) in [5, 5.41) is 10.7. The first-order chi connectivity index (χ1) is 13.2. The predicted molar refractivity (Wildman–Crippen MR) is 109 cm³/mol. The van der Waals surface area contributed by atoms with E-state index in [-0.39, 0.29) is 5.91 Å². The maximum Gasteiger partial charge on any atom is 0.222 e. The van der Waals surface area contributed by atoms with Gasteiger partial charge in [0.1, 0.15) is 5.01 Å². The topological polar surface area (TPSA) is 62.2 Å². The molecule has 3 rings (SSSR count). The van der Waals surface area contributed by atoms with Crippen LogP contribution in [0, 0.1) is 5.92 Å². The maximum absolute atomic E-state index is 12.5. The lowest BCUT2D eigenvalue weighted by Gasteiger charge is -2.32.